The summed E-state index contributed by atoms with van der Waals surface area (Å²) in [7, 11) is 0. The lowest BCUT2D eigenvalue weighted by Crippen LogP contribution is -1.86. The molecule has 0 radical (unpaired) electrons. The van der Waals surface area contributed by atoms with E-state index in [1.165, 1.54) is 0 Å². The summed E-state index contributed by atoms with van der Waals surface area (Å²) in [5.41, 5.74) is 1.81. The number of benzene rings is 1. The van der Waals surface area contributed by atoms with Crippen LogP contribution in [-0.2, 0) is 0 Å². The molecule has 0 aliphatic carbocycles. The third-order valence-electron chi connectivity index (χ3n) is 2.59. The number of phenols is 1. The normalized spacial score (nSPS) is 10.6. The molecule has 0 saturated heterocycles. The summed E-state index contributed by atoms with van der Waals surface area (Å²) in [4.78, 5) is 4.36. The SMILES string of the molecule is Oc1ccc(-c2cc3cnncc3cn2)cc1. The van der Waals surface area contributed by atoms with Gasteiger partial charge in [0.25, 0.3) is 0 Å². The highest BCUT2D eigenvalue weighted by molar-refractivity contribution is 5.83. The molecule has 0 bridgehead atoms. The summed E-state index contributed by atoms with van der Waals surface area (Å²) in [6, 6.07) is 8.91. The molecule has 2 heterocycles. The molecule has 4 nitrogen and oxygen atoms in total. The van der Waals surface area contributed by atoms with Gasteiger partial charge in [0.15, 0.2) is 0 Å². The number of fused-ring (bicyclic) bond motifs is 1. The Kier molecular flexibility index (Phi) is 2.19. The summed E-state index contributed by atoms with van der Waals surface area (Å²) in [6.45, 7) is 0. The first-order valence-corrected chi connectivity index (χ1v) is 5.19. The van der Waals surface area contributed by atoms with Crippen LogP contribution in [0.5, 0.6) is 5.75 Å². The minimum Gasteiger partial charge on any atom is -0.508 e. The number of pyridine rings is 1. The average Bonchev–Trinajstić information content (AvgIpc) is 2.39. The number of aromatic nitrogens is 3. The lowest BCUT2D eigenvalue weighted by atomic mass is 10.1. The summed E-state index contributed by atoms with van der Waals surface area (Å²) < 4.78 is 0. The minimum atomic E-state index is 0.250. The van der Waals surface area contributed by atoms with Gasteiger partial charge in [-0.1, -0.05) is 0 Å². The Morgan fingerprint density at radius 1 is 0.824 bits per heavy atom. The van der Waals surface area contributed by atoms with Gasteiger partial charge >= 0.3 is 0 Å². The molecule has 0 amide bonds. The molecule has 0 spiro atoms. The molecular weight excluding hydrogens is 214 g/mol. The molecule has 17 heavy (non-hydrogen) atoms. The van der Waals surface area contributed by atoms with E-state index in [2.05, 4.69) is 15.2 Å². The van der Waals surface area contributed by atoms with Crippen molar-refractivity contribution in [3.05, 3.63) is 48.9 Å². The Morgan fingerprint density at radius 2 is 1.53 bits per heavy atom. The number of hydrogen-bond acceptors (Lipinski definition) is 4. The van der Waals surface area contributed by atoms with E-state index in [0.717, 1.165) is 22.0 Å². The maximum atomic E-state index is 9.24. The van der Waals surface area contributed by atoms with Crippen LogP contribution in [0.4, 0.5) is 0 Å². The molecule has 0 fully saturated rings. The van der Waals surface area contributed by atoms with E-state index in [4.69, 9.17) is 0 Å². The highest BCUT2D eigenvalue weighted by Gasteiger charge is 2.01. The predicted molar refractivity (Wildman–Crippen MR) is 64.4 cm³/mol. The summed E-state index contributed by atoms with van der Waals surface area (Å²) in [5, 5.41) is 18.8. The molecular formula is C13H9N3O. The van der Waals surface area contributed by atoms with Crippen molar-refractivity contribution < 1.29 is 5.11 Å². The van der Waals surface area contributed by atoms with Crippen LogP contribution in [-0.4, -0.2) is 20.3 Å². The zero-order chi connectivity index (χ0) is 11.7. The first-order chi connectivity index (χ1) is 8.33. The zero-order valence-electron chi connectivity index (χ0n) is 8.91. The molecule has 3 aromatic rings. The van der Waals surface area contributed by atoms with Gasteiger partial charge in [-0.25, -0.2) is 0 Å². The number of hydrogen-bond donors (Lipinski definition) is 1. The van der Waals surface area contributed by atoms with Crippen molar-refractivity contribution in [1.82, 2.24) is 15.2 Å². The van der Waals surface area contributed by atoms with Crippen LogP contribution in [0.25, 0.3) is 22.0 Å². The van der Waals surface area contributed by atoms with Crippen molar-refractivity contribution in [2.75, 3.05) is 0 Å². The average molecular weight is 223 g/mol. The Morgan fingerprint density at radius 3 is 2.29 bits per heavy atom. The van der Waals surface area contributed by atoms with Crippen LogP contribution < -0.4 is 0 Å². The molecule has 2 aromatic heterocycles. The van der Waals surface area contributed by atoms with Gasteiger partial charge in [0.2, 0.25) is 0 Å². The van der Waals surface area contributed by atoms with Crippen molar-refractivity contribution in [3.8, 4) is 17.0 Å². The van der Waals surface area contributed by atoms with E-state index in [-0.39, 0.29) is 5.75 Å². The van der Waals surface area contributed by atoms with Crippen molar-refractivity contribution in [1.29, 1.82) is 0 Å². The topological polar surface area (TPSA) is 58.9 Å². The standard InChI is InChI=1S/C13H9N3O/c17-12-3-1-9(2-4-12)13-5-10-7-15-16-8-11(10)6-14-13/h1-8,17H. The molecule has 0 saturated carbocycles. The maximum absolute atomic E-state index is 9.24. The van der Waals surface area contributed by atoms with Gasteiger partial charge < -0.3 is 5.11 Å². The van der Waals surface area contributed by atoms with E-state index in [1.54, 1.807) is 30.7 Å². The van der Waals surface area contributed by atoms with Crippen LogP contribution in [0, 0.1) is 0 Å². The van der Waals surface area contributed by atoms with Gasteiger partial charge in [0, 0.05) is 22.5 Å². The van der Waals surface area contributed by atoms with E-state index in [0.29, 0.717) is 0 Å². The first kappa shape index (κ1) is 9.72. The monoisotopic (exact) mass is 223 g/mol. The van der Waals surface area contributed by atoms with Crippen LogP contribution in [0.3, 0.4) is 0 Å². The Labute approximate surface area is 97.6 Å². The van der Waals surface area contributed by atoms with Crippen molar-refractivity contribution in [2.24, 2.45) is 0 Å². The molecule has 1 N–H and O–H groups in total. The van der Waals surface area contributed by atoms with E-state index in [9.17, 15) is 5.11 Å². The fourth-order valence-electron chi connectivity index (χ4n) is 1.68. The van der Waals surface area contributed by atoms with Crippen molar-refractivity contribution in [2.45, 2.75) is 0 Å². The second kappa shape index (κ2) is 3.83. The van der Waals surface area contributed by atoms with Gasteiger partial charge in [0.1, 0.15) is 5.75 Å². The van der Waals surface area contributed by atoms with E-state index < -0.39 is 0 Å². The summed E-state index contributed by atoms with van der Waals surface area (Å²) >= 11 is 0. The molecule has 0 unspecified atom stereocenters. The van der Waals surface area contributed by atoms with Crippen LogP contribution in [0.2, 0.25) is 0 Å². The predicted octanol–water partition coefficient (Wildman–Crippen LogP) is 2.40. The molecule has 3 rings (SSSR count). The van der Waals surface area contributed by atoms with Crippen molar-refractivity contribution in [3.63, 3.8) is 0 Å². The first-order valence-electron chi connectivity index (χ1n) is 5.19. The van der Waals surface area contributed by atoms with Crippen LogP contribution in [0.1, 0.15) is 0 Å². The number of nitrogens with zero attached hydrogens (tertiary/aromatic N) is 3. The van der Waals surface area contributed by atoms with Gasteiger partial charge in [0.05, 0.1) is 18.1 Å². The lowest BCUT2D eigenvalue weighted by Gasteiger charge is -2.02. The number of phenolic OH excluding ortho intramolecular Hbond substituents is 1. The van der Waals surface area contributed by atoms with E-state index in [1.807, 2.05) is 18.2 Å². The second-order valence-electron chi connectivity index (χ2n) is 3.73. The number of rotatable bonds is 1. The highest BCUT2D eigenvalue weighted by atomic mass is 16.3. The number of aromatic hydroxyl groups is 1. The molecule has 1 aromatic carbocycles. The molecule has 0 atom stereocenters. The maximum Gasteiger partial charge on any atom is 0.115 e. The fraction of sp³-hybridized carbons (Fsp3) is 0. The molecule has 82 valence electrons. The Hall–Kier alpha value is -2.49. The van der Waals surface area contributed by atoms with Gasteiger partial charge in [-0.05, 0) is 30.3 Å². The summed E-state index contributed by atoms with van der Waals surface area (Å²) in [5.74, 6) is 0.250. The Bertz CT molecular complexity index is 665. The quantitative estimate of drug-likeness (QED) is 0.688. The van der Waals surface area contributed by atoms with Gasteiger partial charge in [-0.2, -0.15) is 10.2 Å². The minimum absolute atomic E-state index is 0.250. The Balaban J connectivity index is 2.14. The smallest absolute Gasteiger partial charge is 0.115 e. The zero-order valence-corrected chi connectivity index (χ0v) is 8.91. The van der Waals surface area contributed by atoms with E-state index >= 15 is 0 Å². The van der Waals surface area contributed by atoms with Crippen LogP contribution >= 0.6 is 0 Å². The molecule has 0 aliphatic rings. The van der Waals surface area contributed by atoms with Gasteiger partial charge in [-0.15, -0.1) is 0 Å². The second-order valence-corrected chi connectivity index (χ2v) is 3.73. The highest BCUT2D eigenvalue weighted by Crippen LogP contribution is 2.22. The molecule has 4 heteroatoms. The molecule has 0 aliphatic heterocycles. The fourth-order valence-corrected chi connectivity index (χ4v) is 1.68. The van der Waals surface area contributed by atoms with Gasteiger partial charge in [-0.3, -0.25) is 4.98 Å². The summed E-state index contributed by atoms with van der Waals surface area (Å²) in [6.07, 6.45) is 5.16. The third kappa shape index (κ3) is 1.80. The third-order valence-corrected chi connectivity index (χ3v) is 2.59. The van der Waals surface area contributed by atoms with Crippen molar-refractivity contribution >= 4 is 10.8 Å². The largest absolute Gasteiger partial charge is 0.508 e. The van der Waals surface area contributed by atoms with Crippen LogP contribution in [0.15, 0.2) is 48.9 Å². The lowest BCUT2D eigenvalue weighted by molar-refractivity contribution is 0.475.